The van der Waals surface area contributed by atoms with E-state index < -0.39 is 0 Å². The zero-order valence-electron chi connectivity index (χ0n) is 19.7. The molecule has 3 nitrogen and oxygen atoms in total. The van der Waals surface area contributed by atoms with E-state index in [0.717, 1.165) is 42.4 Å². The molecule has 2 aromatic carbocycles. The molecule has 172 valence electrons. The second kappa shape index (κ2) is 9.97. The molecule has 1 saturated heterocycles. The minimum absolute atomic E-state index is 0.0694. The quantitative estimate of drug-likeness (QED) is 0.582. The number of amides is 1. The molecule has 0 aromatic heterocycles. The lowest BCUT2D eigenvalue weighted by Gasteiger charge is -2.38. The predicted octanol–water partition coefficient (Wildman–Crippen LogP) is 6.24. The molecule has 1 N–H and O–H groups in total. The summed E-state index contributed by atoms with van der Waals surface area (Å²) in [6.45, 7) is 8.86. The number of hydrogen-bond donors (Lipinski definition) is 1. The van der Waals surface area contributed by atoms with Crippen LogP contribution in [0, 0.1) is 5.92 Å². The van der Waals surface area contributed by atoms with E-state index in [1.54, 1.807) is 0 Å². The molecule has 32 heavy (non-hydrogen) atoms. The summed E-state index contributed by atoms with van der Waals surface area (Å²) in [5, 5.41) is 4.17. The first-order valence-corrected chi connectivity index (χ1v) is 12.6. The minimum Gasteiger partial charge on any atom is -0.348 e. The summed E-state index contributed by atoms with van der Waals surface area (Å²) in [5.74, 6) is 0.809. The van der Waals surface area contributed by atoms with Gasteiger partial charge in [0.15, 0.2) is 0 Å². The zero-order valence-corrected chi connectivity index (χ0v) is 20.5. The fourth-order valence-corrected chi connectivity index (χ4v) is 5.49. The molecular weight excluding hydrogens is 416 g/mol. The summed E-state index contributed by atoms with van der Waals surface area (Å²) >= 11 is 6.02. The van der Waals surface area contributed by atoms with Gasteiger partial charge < -0.3 is 5.32 Å². The fourth-order valence-electron chi connectivity index (χ4n) is 5.36. The molecule has 1 aliphatic heterocycles. The molecule has 1 aliphatic carbocycles. The third-order valence-electron chi connectivity index (χ3n) is 7.36. The van der Waals surface area contributed by atoms with Crippen LogP contribution in [0.5, 0.6) is 0 Å². The standard InChI is InChI=1S/C28H37ClN2O/c1-28(2,3)23-11-9-22(10-12-23)27(32)30-25-5-4-6-26(25)31-17-15-21(16-18-31)19-20-7-13-24(29)14-8-20/h7-14,21,25-26H,4-6,15-19H2,1-3H3,(H,30,32). The molecule has 2 aliphatic rings. The van der Waals surface area contributed by atoms with Crippen molar-refractivity contribution in [3.8, 4) is 0 Å². The van der Waals surface area contributed by atoms with Gasteiger partial charge in [0.1, 0.15) is 0 Å². The van der Waals surface area contributed by atoms with Gasteiger partial charge in [-0.2, -0.15) is 0 Å². The van der Waals surface area contributed by atoms with E-state index in [4.69, 9.17) is 11.6 Å². The Balaban J connectivity index is 1.30. The normalized spacial score (nSPS) is 22.8. The Morgan fingerprint density at radius 2 is 1.62 bits per heavy atom. The number of nitrogens with zero attached hydrogens (tertiary/aromatic N) is 1. The van der Waals surface area contributed by atoms with E-state index in [9.17, 15) is 4.79 Å². The predicted molar refractivity (Wildman–Crippen MR) is 133 cm³/mol. The van der Waals surface area contributed by atoms with Crippen LogP contribution in [0.1, 0.15) is 74.4 Å². The monoisotopic (exact) mass is 452 g/mol. The smallest absolute Gasteiger partial charge is 0.251 e. The highest BCUT2D eigenvalue weighted by atomic mass is 35.5. The number of hydrogen-bond acceptors (Lipinski definition) is 2. The summed E-state index contributed by atoms with van der Waals surface area (Å²) < 4.78 is 0. The Hall–Kier alpha value is -1.84. The summed E-state index contributed by atoms with van der Waals surface area (Å²) in [6, 6.07) is 17.2. The van der Waals surface area contributed by atoms with Crippen molar-refractivity contribution in [3.63, 3.8) is 0 Å². The molecule has 2 unspecified atom stereocenters. The Bertz CT molecular complexity index is 893. The number of nitrogens with one attached hydrogen (secondary N) is 1. The first kappa shape index (κ1) is 23.3. The van der Waals surface area contributed by atoms with Crippen LogP contribution in [0.2, 0.25) is 5.02 Å². The molecule has 1 saturated carbocycles. The van der Waals surface area contributed by atoms with Gasteiger partial charge in [0.25, 0.3) is 5.91 Å². The summed E-state index contributed by atoms with van der Waals surface area (Å²) in [7, 11) is 0. The number of likely N-dealkylation sites (tertiary alicyclic amines) is 1. The molecular formula is C28H37ClN2O. The molecule has 4 heteroatoms. The Morgan fingerprint density at radius 3 is 2.25 bits per heavy atom. The van der Waals surface area contributed by atoms with E-state index in [0.29, 0.717) is 6.04 Å². The van der Waals surface area contributed by atoms with Crippen molar-refractivity contribution >= 4 is 17.5 Å². The van der Waals surface area contributed by atoms with Gasteiger partial charge in [0.05, 0.1) is 0 Å². The highest BCUT2D eigenvalue weighted by Crippen LogP contribution is 2.30. The first-order chi connectivity index (χ1) is 15.3. The summed E-state index contributed by atoms with van der Waals surface area (Å²) in [6.07, 6.45) is 7.07. The second-order valence-corrected chi connectivity index (χ2v) is 11.2. The SMILES string of the molecule is CC(C)(C)c1ccc(C(=O)NC2CCCC2N2CCC(Cc3ccc(Cl)cc3)CC2)cc1. The van der Waals surface area contributed by atoms with E-state index >= 15 is 0 Å². The van der Waals surface area contributed by atoms with Crippen LogP contribution in [-0.2, 0) is 11.8 Å². The van der Waals surface area contributed by atoms with Crippen molar-refractivity contribution in [2.75, 3.05) is 13.1 Å². The van der Waals surface area contributed by atoms with Crippen LogP contribution < -0.4 is 5.32 Å². The van der Waals surface area contributed by atoms with E-state index in [2.05, 4.69) is 55.3 Å². The fraction of sp³-hybridized carbons (Fsp3) is 0.536. The van der Waals surface area contributed by atoms with Gasteiger partial charge in [0, 0.05) is 22.7 Å². The highest BCUT2D eigenvalue weighted by Gasteiger charge is 2.35. The Labute approximate surface area is 198 Å². The highest BCUT2D eigenvalue weighted by molar-refractivity contribution is 6.30. The summed E-state index contributed by atoms with van der Waals surface area (Å²) in [5.41, 5.74) is 3.52. The largest absolute Gasteiger partial charge is 0.348 e. The van der Waals surface area contributed by atoms with Gasteiger partial charge in [-0.1, -0.05) is 56.6 Å². The number of benzene rings is 2. The number of rotatable bonds is 5. The van der Waals surface area contributed by atoms with Gasteiger partial charge in [-0.15, -0.1) is 0 Å². The molecule has 2 fully saturated rings. The van der Waals surface area contributed by atoms with Crippen LogP contribution in [0.15, 0.2) is 48.5 Å². The topological polar surface area (TPSA) is 32.3 Å². The molecule has 1 heterocycles. The maximum Gasteiger partial charge on any atom is 0.251 e. The van der Waals surface area contributed by atoms with Crippen LogP contribution in [0.25, 0.3) is 0 Å². The van der Waals surface area contributed by atoms with Gasteiger partial charge in [-0.3, -0.25) is 9.69 Å². The number of carbonyl (C=O) groups excluding carboxylic acids is 1. The average Bonchev–Trinajstić information content (AvgIpc) is 3.23. The van der Waals surface area contributed by atoms with Crippen LogP contribution in [-0.4, -0.2) is 36.0 Å². The number of halogens is 1. The lowest BCUT2D eigenvalue weighted by Crippen LogP contribution is -2.51. The molecule has 1 amide bonds. The Morgan fingerprint density at radius 1 is 0.969 bits per heavy atom. The van der Waals surface area contributed by atoms with Crippen molar-refractivity contribution in [1.29, 1.82) is 0 Å². The van der Waals surface area contributed by atoms with Crippen molar-refractivity contribution in [1.82, 2.24) is 10.2 Å². The summed E-state index contributed by atoms with van der Waals surface area (Å²) in [4.78, 5) is 15.6. The Kier molecular flexibility index (Phi) is 7.27. The second-order valence-electron chi connectivity index (χ2n) is 10.7. The molecule has 2 atom stereocenters. The molecule has 0 spiro atoms. The third kappa shape index (κ3) is 5.74. The van der Waals surface area contributed by atoms with Gasteiger partial charge in [0.2, 0.25) is 0 Å². The maximum atomic E-state index is 12.9. The van der Waals surface area contributed by atoms with Gasteiger partial charge in [-0.05, 0) is 98.3 Å². The van der Waals surface area contributed by atoms with Crippen molar-refractivity contribution in [3.05, 3.63) is 70.2 Å². The average molecular weight is 453 g/mol. The molecule has 4 rings (SSSR count). The first-order valence-electron chi connectivity index (χ1n) is 12.2. The lowest BCUT2D eigenvalue weighted by molar-refractivity contribution is 0.0862. The zero-order chi connectivity index (χ0) is 22.7. The van der Waals surface area contributed by atoms with Crippen molar-refractivity contribution in [2.24, 2.45) is 5.92 Å². The van der Waals surface area contributed by atoms with Crippen LogP contribution in [0.4, 0.5) is 0 Å². The van der Waals surface area contributed by atoms with Gasteiger partial charge in [-0.25, -0.2) is 0 Å². The van der Waals surface area contributed by atoms with E-state index in [1.165, 1.54) is 36.8 Å². The third-order valence-corrected chi connectivity index (χ3v) is 7.62. The molecule has 0 bridgehead atoms. The minimum atomic E-state index is 0.0694. The van der Waals surface area contributed by atoms with E-state index in [1.807, 2.05) is 24.3 Å². The van der Waals surface area contributed by atoms with Crippen LogP contribution >= 0.6 is 11.6 Å². The maximum absolute atomic E-state index is 12.9. The van der Waals surface area contributed by atoms with E-state index in [-0.39, 0.29) is 17.4 Å². The van der Waals surface area contributed by atoms with Crippen molar-refractivity contribution in [2.45, 2.75) is 76.8 Å². The number of carbonyl (C=O) groups is 1. The van der Waals surface area contributed by atoms with Gasteiger partial charge >= 0.3 is 0 Å². The lowest BCUT2D eigenvalue weighted by atomic mass is 9.86. The molecule has 0 radical (unpaired) electrons. The number of piperidine rings is 1. The van der Waals surface area contributed by atoms with Crippen LogP contribution in [0.3, 0.4) is 0 Å². The van der Waals surface area contributed by atoms with Crippen molar-refractivity contribution < 1.29 is 4.79 Å². The molecule has 2 aromatic rings.